The predicted molar refractivity (Wildman–Crippen MR) is 96.0 cm³/mol. The molecule has 5 heteroatoms. The van der Waals surface area contributed by atoms with Gasteiger partial charge in [0.2, 0.25) is 11.8 Å². The number of hydrogen-bond acceptors (Lipinski definition) is 3. The van der Waals surface area contributed by atoms with Gasteiger partial charge in [-0.15, -0.1) is 0 Å². The molecule has 1 aromatic carbocycles. The van der Waals surface area contributed by atoms with Crippen molar-refractivity contribution >= 4 is 11.8 Å². The number of hydrogen-bond donors (Lipinski definition) is 0. The zero-order valence-electron chi connectivity index (χ0n) is 15.4. The molecule has 0 N–H and O–H groups in total. The van der Waals surface area contributed by atoms with Gasteiger partial charge in [0.25, 0.3) is 0 Å². The summed E-state index contributed by atoms with van der Waals surface area (Å²) >= 11 is 0. The third-order valence-corrected chi connectivity index (χ3v) is 5.28. The number of methoxy groups -OCH3 is 1. The van der Waals surface area contributed by atoms with Crippen molar-refractivity contribution in [2.75, 3.05) is 26.7 Å². The van der Waals surface area contributed by atoms with E-state index >= 15 is 0 Å². The van der Waals surface area contributed by atoms with E-state index in [1.54, 1.807) is 12.0 Å². The normalized spacial score (nSPS) is 26.8. The summed E-state index contributed by atoms with van der Waals surface area (Å²) in [6, 6.07) is 7.73. The third-order valence-electron chi connectivity index (χ3n) is 5.28. The number of carbonyl (C=O) groups is 2. The first kappa shape index (κ1) is 17.8. The van der Waals surface area contributed by atoms with Crippen molar-refractivity contribution in [2.45, 2.75) is 33.2 Å². The zero-order valence-corrected chi connectivity index (χ0v) is 15.4. The van der Waals surface area contributed by atoms with E-state index in [0.29, 0.717) is 31.3 Å². The maximum absolute atomic E-state index is 12.8. The molecule has 3 rings (SSSR count). The molecule has 0 aromatic heterocycles. The van der Waals surface area contributed by atoms with Crippen molar-refractivity contribution in [2.24, 2.45) is 17.8 Å². The number of likely N-dealkylation sites (tertiary alicyclic amines) is 2. The minimum absolute atomic E-state index is 0.0762. The first-order chi connectivity index (χ1) is 12.0. The molecule has 0 unspecified atom stereocenters. The van der Waals surface area contributed by atoms with Gasteiger partial charge in [-0.3, -0.25) is 9.59 Å². The van der Waals surface area contributed by atoms with E-state index in [1.807, 2.05) is 29.2 Å². The van der Waals surface area contributed by atoms with Crippen LogP contribution in [0.4, 0.5) is 0 Å². The number of amides is 2. The number of nitrogens with zero attached hydrogens (tertiary/aromatic N) is 2. The highest BCUT2D eigenvalue weighted by molar-refractivity contribution is 5.89. The van der Waals surface area contributed by atoms with Crippen LogP contribution in [0.15, 0.2) is 24.3 Å². The Bertz CT molecular complexity index is 618. The minimum Gasteiger partial charge on any atom is -0.497 e. The molecular formula is C20H28N2O3. The van der Waals surface area contributed by atoms with Gasteiger partial charge in [0.15, 0.2) is 0 Å². The summed E-state index contributed by atoms with van der Waals surface area (Å²) in [6.45, 7) is 7.14. The molecule has 136 valence electrons. The Hall–Kier alpha value is -2.04. The molecule has 2 heterocycles. The second-order valence-electron chi connectivity index (χ2n) is 7.71. The van der Waals surface area contributed by atoms with Crippen molar-refractivity contribution in [3.63, 3.8) is 0 Å². The minimum atomic E-state index is -0.191. The Labute approximate surface area is 149 Å². The maximum Gasteiger partial charge on any atom is 0.228 e. The fourth-order valence-electron chi connectivity index (χ4n) is 4.14. The van der Waals surface area contributed by atoms with Gasteiger partial charge >= 0.3 is 0 Å². The van der Waals surface area contributed by atoms with Crippen LogP contribution in [0.2, 0.25) is 0 Å². The van der Waals surface area contributed by atoms with Crippen molar-refractivity contribution in [3.05, 3.63) is 29.8 Å². The van der Waals surface area contributed by atoms with Crippen LogP contribution in [0.5, 0.6) is 5.75 Å². The van der Waals surface area contributed by atoms with Gasteiger partial charge in [-0.1, -0.05) is 26.0 Å². The lowest BCUT2D eigenvalue weighted by Gasteiger charge is -2.36. The standard InChI is InChI=1S/C20H28N2O3/c1-14-8-15(2)11-22(10-14)20(24)17-9-19(23)21(13-17)12-16-4-6-18(25-3)7-5-16/h4-7,14-15,17H,8-13H2,1-3H3/t14-,15+,17-/m1/s1. The molecular weight excluding hydrogens is 316 g/mol. The van der Waals surface area contributed by atoms with Crippen LogP contribution in [0, 0.1) is 17.8 Å². The van der Waals surface area contributed by atoms with Crippen LogP contribution in [-0.2, 0) is 16.1 Å². The fraction of sp³-hybridized carbons (Fsp3) is 0.600. The highest BCUT2D eigenvalue weighted by Gasteiger charge is 2.38. The van der Waals surface area contributed by atoms with E-state index in [-0.39, 0.29) is 17.7 Å². The fourth-order valence-corrected chi connectivity index (χ4v) is 4.14. The Kier molecular flexibility index (Phi) is 5.30. The zero-order chi connectivity index (χ0) is 18.0. The maximum atomic E-state index is 12.8. The van der Waals surface area contributed by atoms with Crippen molar-refractivity contribution in [3.8, 4) is 5.75 Å². The Morgan fingerprint density at radius 3 is 2.36 bits per heavy atom. The van der Waals surface area contributed by atoms with Crippen LogP contribution in [0.1, 0.15) is 32.3 Å². The molecule has 0 spiro atoms. The molecule has 1 aromatic rings. The summed E-state index contributed by atoms with van der Waals surface area (Å²) in [7, 11) is 1.64. The first-order valence-corrected chi connectivity index (χ1v) is 9.15. The molecule has 2 fully saturated rings. The quantitative estimate of drug-likeness (QED) is 0.843. The topological polar surface area (TPSA) is 49.9 Å². The highest BCUT2D eigenvalue weighted by atomic mass is 16.5. The number of rotatable bonds is 4. The average Bonchev–Trinajstić information content (AvgIpc) is 2.94. The Morgan fingerprint density at radius 1 is 1.12 bits per heavy atom. The number of carbonyl (C=O) groups excluding carboxylic acids is 2. The van der Waals surface area contributed by atoms with E-state index in [1.165, 1.54) is 6.42 Å². The molecule has 2 amide bonds. The Balaban J connectivity index is 1.60. The first-order valence-electron chi connectivity index (χ1n) is 9.15. The van der Waals surface area contributed by atoms with Gasteiger partial charge in [-0.05, 0) is 36.0 Å². The van der Waals surface area contributed by atoms with E-state index in [9.17, 15) is 9.59 Å². The third kappa shape index (κ3) is 4.14. The number of ether oxygens (including phenoxy) is 1. The number of benzene rings is 1. The second kappa shape index (κ2) is 7.46. The van der Waals surface area contributed by atoms with Gasteiger partial charge in [0.1, 0.15) is 5.75 Å². The van der Waals surface area contributed by atoms with E-state index in [2.05, 4.69) is 13.8 Å². The molecule has 0 bridgehead atoms. The summed E-state index contributed by atoms with van der Waals surface area (Å²) in [5, 5.41) is 0. The summed E-state index contributed by atoms with van der Waals surface area (Å²) in [4.78, 5) is 29.0. The van der Waals surface area contributed by atoms with Crippen LogP contribution in [0.3, 0.4) is 0 Å². The Morgan fingerprint density at radius 2 is 1.76 bits per heavy atom. The molecule has 0 radical (unpaired) electrons. The smallest absolute Gasteiger partial charge is 0.228 e. The highest BCUT2D eigenvalue weighted by Crippen LogP contribution is 2.27. The summed E-state index contributed by atoms with van der Waals surface area (Å²) in [5.74, 6) is 1.93. The lowest BCUT2D eigenvalue weighted by atomic mass is 9.91. The molecule has 2 aliphatic heterocycles. The van der Waals surface area contributed by atoms with Crippen molar-refractivity contribution in [1.29, 1.82) is 0 Å². The summed E-state index contributed by atoms with van der Waals surface area (Å²) in [6.07, 6.45) is 1.52. The molecule has 2 aliphatic rings. The average molecular weight is 344 g/mol. The summed E-state index contributed by atoms with van der Waals surface area (Å²) < 4.78 is 5.16. The molecule has 0 aliphatic carbocycles. The monoisotopic (exact) mass is 344 g/mol. The van der Waals surface area contributed by atoms with Gasteiger partial charge in [-0.25, -0.2) is 0 Å². The molecule has 2 saturated heterocycles. The van der Waals surface area contributed by atoms with Gasteiger partial charge in [-0.2, -0.15) is 0 Å². The van der Waals surface area contributed by atoms with E-state index in [4.69, 9.17) is 4.74 Å². The van der Waals surface area contributed by atoms with Crippen LogP contribution in [-0.4, -0.2) is 48.4 Å². The predicted octanol–water partition coefficient (Wildman–Crippen LogP) is 2.55. The van der Waals surface area contributed by atoms with Gasteiger partial charge in [0.05, 0.1) is 13.0 Å². The molecule has 3 atom stereocenters. The molecule has 25 heavy (non-hydrogen) atoms. The second-order valence-corrected chi connectivity index (χ2v) is 7.71. The molecule has 5 nitrogen and oxygen atoms in total. The lowest BCUT2D eigenvalue weighted by molar-refractivity contribution is -0.138. The van der Waals surface area contributed by atoms with Crippen molar-refractivity contribution in [1.82, 2.24) is 9.80 Å². The van der Waals surface area contributed by atoms with Crippen LogP contribution in [0.25, 0.3) is 0 Å². The molecule has 0 saturated carbocycles. The van der Waals surface area contributed by atoms with Crippen molar-refractivity contribution < 1.29 is 14.3 Å². The lowest BCUT2D eigenvalue weighted by Crippen LogP contribution is -2.45. The van der Waals surface area contributed by atoms with E-state index < -0.39 is 0 Å². The number of piperidine rings is 1. The van der Waals surface area contributed by atoms with Crippen LogP contribution < -0.4 is 4.74 Å². The van der Waals surface area contributed by atoms with Gasteiger partial charge < -0.3 is 14.5 Å². The summed E-state index contributed by atoms with van der Waals surface area (Å²) in [5.41, 5.74) is 1.06. The van der Waals surface area contributed by atoms with E-state index in [0.717, 1.165) is 24.4 Å². The SMILES string of the molecule is COc1ccc(CN2C[C@H](C(=O)N3C[C@H](C)C[C@H](C)C3)CC2=O)cc1. The van der Waals surface area contributed by atoms with Gasteiger partial charge in [0, 0.05) is 32.6 Å². The largest absolute Gasteiger partial charge is 0.497 e. The van der Waals surface area contributed by atoms with Crippen LogP contribution >= 0.6 is 0 Å².